The van der Waals surface area contributed by atoms with E-state index in [2.05, 4.69) is 17.2 Å². The van der Waals surface area contributed by atoms with Crippen molar-refractivity contribution in [2.75, 3.05) is 6.54 Å². The van der Waals surface area contributed by atoms with Crippen LogP contribution in [-0.2, 0) is 12.6 Å². The predicted octanol–water partition coefficient (Wildman–Crippen LogP) is 4.87. The van der Waals surface area contributed by atoms with E-state index in [1.54, 1.807) is 11.3 Å². The van der Waals surface area contributed by atoms with E-state index in [1.807, 2.05) is 18.4 Å². The van der Waals surface area contributed by atoms with E-state index < -0.39 is 11.2 Å². The smallest absolute Gasteiger partial charge is 0.305 e. The molecule has 0 aromatic carbocycles. The van der Waals surface area contributed by atoms with Gasteiger partial charge in [-0.05, 0) is 36.4 Å². The van der Waals surface area contributed by atoms with Gasteiger partial charge in [-0.1, -0.05) is 13.8 Å². The number of nitrogens with zero attached hydrogens (tertiary/aromatic N) is 1. The average molecular weight is 334 g/mol. The zero-order valence-electron chi connectivity index (χ0n) is 11.8. The summed E-state index contributed by atoms with van der Waals surface area (Å²) in [5, 5.41) is 4.55. The lowest BCUT2D eigenvalue weighted by atomic mass is 10.1. The third-order valence-corrected chi connectivity index (χ3v) is 5.20. The molecule has 2 aromatic rings. The number of rotatable bonds is 6. The van der Waals surface area contributed by atoms with Gasteiger partial charge in [0.25, 0.3) is 0 Å². The molecule has 0 bridgehead atoms. The maximum Gasteiger partial charge on any atom is 0.443 e. The number of aromatic nitrogens is 1. The molecule has 0 aliphatic heterocycles. The summed E-state index contributed by atoms with van der Waals surface area (Å²) in [7, 11) is 0. The van der Waals surface area contributed by atoms with E-state index in [1.165, 1.54) is 11.8 Å². The summed E-state index contributed by atoms with van der Waals surface area (Å²) in [6.45, 7) is 4.84. The van der Waals surface area contributed by atoms with E-state index in [9.17, 15) is 13.2 Å². The predicted molar refractivity (Wildman–Crippen MR) is 80.9 cm³/mol. The first-order chi connectivity index (χ1) is 9.97. The van der Waals surface area contributed by atoms with Crippen molar-refractivity contribution in [2.24, 2.45) is 0 Å². The molecule has 0 fully saturated rings. The highest BCUT2D eigenvalue weighted by Crippen LogP contribution is 2.38. The van der Waals surface area contributed by atoms with Gasteiger partial charge in [0.05, 0.1) is 6.04 Å². The number of nitrogens with one attached hydrogen (secondary N) is 1. The lowest BCUT2D eigenvalue weighted by molar-refractivity contribution is -0.137. The molecule has 1 N–H and O–H groups in total. The zero-order chi connectivity index (χ0) is 15.5. The molecular weight excluding hydrogens is 317 g/mol. The van der Waals surface area contributed by atoms with Crippen LogP contribution in [0, 0.1) is 0 Å². The van der Waals surface area contributed by atoms with Crippen LogP contribution >= 0.6 is 22.7 Å². The molecule has 2 rings (SSSR count). The molecule has 21 heavy (non-hydrogen) atoms. The molecule has 0 radical (unpaired) electrons. The molecule has 7 heteroatoms. The third-order valence-electron chi connectivity index (χ3n) is 3.07. The van der Waals surface area contributed by atoms with Crippen LogP contribution in [0.25, 0.3) is 0 Å². The Morgan fingerprint density at radius 3 is 2.67 bits per heavy atom. The van der Waals surface area contributed by atoms with E-state index in [0.29, 0.717) is 4.88 Å². The summed E-state index contributed by atoms with van der Waals surface area (Å²) in [6.07, 6.45) is -1.23. The van der Waals surface area contributed by atoms with Gasteiger partial charge in [0, 0.05) is 16.0 Å². The van der Waals surface area contributed by atoms with Gasteiger partial charge in [-0.25, -0.2) is 4.98 Å². The second-order valence-corrected chi connectivity index (χ2v) is 6.63. The monoisotopic (exact) mass is 334 g/mol. The molecule has 2 nitrogen and oxygen atoms in total. The van der Waals surface area contributed by atoms with Gasteiger partial charge in [-0.3, -0.25) is 0 Å². The summed E-state index contributed by atoms with van der Waals surface area (Å²) in [5.41, 5.74) is 1.18. The van der Waals surface area contributed by atoms with Crippen molar-refractivity contribution in [1.29, 1.82) is 0 Å². The molecule has 0 saturated heterocycles. The minimum atomic E-state index is -4.37. The quantitative estimate of drug-likeness (QED) is 0.815. The van der Waals surface area contributed by atoms with Gasteiger partial charge in [-0.15, -0.1) is 22.7 Å². The minimum absolute atomic E-state index is 0.200. The maximum atomic E-state index is 12.7. The van der Waals surface area contributed by atoms with Gasteiger partial charge in [0.15, 0.2) is 5.01 Å². The number of alkyl halides is 3. The summed E-state index contributed by atoms with van der Waals surface area (Å²) in [6, 6.07) is 1.83. The highest BCUT2D eigenvalue weighted by atomic mass is 32.1. The number of thiophene rings is 1. The van der Waals surface area contributed by atoms with Gasteiger partial charge >= 0.3 is 6.18 Å². The largest absolute Gasteiger partial charge is 0.443 e. The molecule has 1 unspecified atom stereocenters. The van der Waals surface area contributed by atoms with Crippen LogP contribution in [0.3, 0.4) is 0 Å². The van der Waals surface area contributed by atoms with Gasteiger partial charge in [0.1, 0.15) is 0 Å². The van der Waals surface area contributed by atoms with Crippen molar-refractivity contribution in [2.45, 2.75) is 38.9 Å². The Bertz CT molecular complexity index is 575. The topological polar surface area (TPSA) is 24.9 Å². The fraction of sp³-hybridized carbons (Fsp3) is 0.500. The first kappa shape index (κ1) is 16.5. The molecule has 1 atom stereocenters. The fourth-order valence-electron chi connectivity index (χ4n) is 2.06. The molecule has 2 heterocycles. The standard InChI is InChI=1S/C14H17F3N2S2/c1-3-6-18-11(12-9(4-2)5-7-20-12)10-8-19-13(21-10)14(15,16)17/h5,7-8,11,18H,3-4,6H2,1-2H3. The van der Waals surface area contributed by atoms with Crippen molar-refractivity contribution in [3.63, 3.8) is 0 Å². The van der Waals surface area contributed by atoms with Crippen LogP contribution in [-0.4, -0.2) is 11.5 Å². The SMILES string of the molecule is CCCNC(c1cnc(C(F)(F)F)s1)c1sccc1CC. The van der Waals surface area contributed by atoms with Crippen molar-refractivity contribution in [3.05, 3.63) is 38.0 Å². The number of aryl methyl sites for hydroxylation is 1. The molecular formula is C14H17F3N2S2. The molecule has 0 amide bonds. The van der Waals surface area contributed by atoms with Crippen LogP contribution in [0.1, 0.15) is 46.6 Å². The van der Waals surface area contributed by atoms with Gasteiger partial charge < -0.3 is 5.32 Å². The van der Waals surface area contributed by atoms with Gasteiger partial charge in [0.2, 0.25) is 0 Å². The molecule has 2 aromatic heterocycles. The highest BCUT2D eigenvalue weighted by molar-refractivity contribution is 7.12. The Hall–Kier alpha value is -0.920. The first-order valence-electron chi connectivity index (χ1n) is 6.79. The fourth-order valence-corrected chi connectivity index (χ4v) is 4.09. The lowest BCUT2D eigenvalue weighted by Crippen LogP contribution is -2.22. The molecule has 116 valence electrons. The molecule has 0 spiro atoms. The van der Waals surface area contributed by atoms with E-state index in [4.69, 9.17) is 0 Å². The second-order valence-electron chi connectivity index (χ2n) is 4.62. The Labute approximate surface area is 130 Å². The number of hydrogen-bond acceptors (Lipinski definition) is 4. The average Bonchev–Trinajstić information content (AvgIpc) is 3.07. The second kappa shape index (κ2) is 6.89. The normalized spacial score (nSPS) is 13.6. The summed E-state index contributed by atoms with van der Waals surface area (Å²) < 4.78 is 38.2. The number of thiazole rings is 1. The third kappa shape index (κ3) is 3.84. The first-order valence-corrected chi connectivity index (χ1v) is 8.49. The van der Waals surface area contributed by atoms with Crippen LogP contribution in [0.4, 0.5) is 13.2 Å². The van der Waals surface area contributed by atoms with Crippen molar-refractivity contribution in [1.82, 2.24) is 10.3 Å². The Morgan fingerprint density at radius 2 is 2.10 bits per heavy atom. The Balaban J connectivity index is 2.34. The molecule has 0 aliphatic rings. The zero-order valence-corrected chi connectivity index (χ0v) is 13.5. The Morgan fingerprint density at radius 1 is 1.33 bits per heavy atom. The van der Waals surface area contributed by atoms with Crippen LogP contribution in [0.15, 0.2) is 17.6 Å². The molecule has 0 saturated carbocycles. The summed E-state index contributed by atoms with van der Waals surface area (Å²) >= 11 is 2.30. The van der Waals surface area contributed by atoms with Crippen molar-refractivity contribution < 1.29 is 13.2 Å². The maximum absolute atomic E-state index is 12.7. The summed E-state index contributed by atoms with van der Waals surface area (Å²) in [4.78, 5) is 5.24. The van der Waals surface area contributed by atoms with Crippen LogP contribution in [0.2, 0.25) is 0 Å². The highest BCUT2D eigenvalue weighted by Gasteiger charge is 2.35. The number of hydrogen-bond donors (Lipinski definition) is 1. The van der Waals surface area contributed by atoms with Crippen LogP contribution in [0.5, 0.6) is 0 Å². The molecule has 0 aliphatic carbocycles. The lowest BCUT2D eigenvalue weighted by Gasteiger charge is -2.17. The van der Waals surface area contributed by atoms with E-state index in [0.717, 1.165) is 35.6 Å². The van der Waals surface area contributed by atoms with Crippen LogP contribution < -0.4 is 5.32 Å². The van der Waals surface area contributed by atoms with Crippen molar-refractivity contribution >= 4 is 22.7 Å². The van der Waals surface area contributed by atoms with Gasteiger partial charge in [-0.2, -0.15) is 13.2 Å². The van der Waals surface area contributed by atoms with Crippen molar-refractivity contribution in [3.8, 4) is 0 Å². The summed E-state index contributed by atoms with van der Waals surface area (Å²) in [5.74, 6) is 0. The Kier molecular flexibility index (Phi) is 5.40. The number of halogens is 3. The van der Waals surface area contributed by atoms with E-state index >= 15 is 0 Å². The minimum Gasteiger partial charge on any atom is -0.305 e. The van der Waals surface area contributed by atoms with E-state index in [-0.39, 0.29) is 6.04 Å².